The molecule has 0 bridgehead atoms. The highest BCUT2D eigenvalue weighted by atomic mass is 32.1. The third-order valence-corrected chi connectivity index (χ3v) is 13.8. The zero-order chi connectivity index (χ0) is 33.2. The summed E-state index contributed by atoms with van der Waals surface area (Å²) in [7, 11) is 2.52. The van der Waals surface area contributed by atoms with E-state index < -0.39 is 14.4 Å². The van der Waals surface area contributed by atoms with Crippen molar-refractivity contribution in [3.63, 3.8) is 0 Å². The third-order valence-electron chi connectivity index (χ3n) is 10.5. The zero-order valence-electron chi connectivity index (χ0n) is 27.8. The fourth-order valence-corrected chi connectivity index (χ4v) is 11.3. The number of methoxy groups -OCH3 is 2. The van der Waals surface area contributed by atoms with Gasteiger partial charge in [0.2, 0.25) is 0 Å². The van der Waals surface area contributed by atoms with Crippen LogP contribution in [0.3, 0.4) is 0 Å². The lowest BCUT2D eigenvalue weighted by molar-refractivity contribution is -0.132. The van der Waals surface area contributed by atoms with Crippen molar-refractivity contribution >= 4 is 37.5 Å². The van der Waals surface area contributed by atoms with Crippen LogP contribution in [-0.2, 0) is 19.7 Å². The summed E-state index contributed by atoms with van der Waals surface area (Å²) in [6.07, 6.45) is 3.65. The number of benzene rings is 2. The van der Waals surface area contributed by atoms with Crippen LogP contribution in [0.1, 0.15) is 79.9 Å². The number of carboxylic acids is 1. The first kappa shape index (κ1) is 31.7. The number of nitrogens with zero attached hydrogens (tertiary/aromatic N) is 2. The van der Waals surface area contributed by atoms with E-state index in [4.69, 9.17) is 9.47 Å². The maximum atomic E-state index is 11.3. The molecule has 2 aliphatic heterocycles. The molecule has 3 aliphatic rings. The zero-order valence-corrected chi connectivity index (χ0v) is 29.6. The molecule has 8 heteroatoms. The van der Waals surface area contributed by atoms with E-state index >= 15 is 0 Å². The van der Waals surface area contributed by atoms with Crippen molar-refractivity contribution < 1.29 is 19.4 Å². The van der Waals surface area contributed by atoms with E-state index in [0.29, 0.717) is 12.0 Å². The molecule has 47 heavy (non-hydrogen) atoms. The molecular weight excluding hydrogens is 621 g/mol. The number of hydrogen-bond donors (Lipinski definition) is 1. The van der Waals surface area contributed by atoms with Gasteiger partial charge in [-0.2, -0.15) is 5.26 Å². The molecule has 3 atom stereocenters. The lowest BCUT2D eigenvalue weighted by atomic mass is 9.82. The van der Waals surface area contributed by atoms with Gasteiger partial charge in [0.05, 0.1) is 20.6 Å². The van der Waals surface area contributed by atoms with E-state index in [1.165, 1.54) is 61.7 Å². The Balaban J connectivity index is 1.28. The molecule has 2 aromatic heterocycles. The predicted molar refractivity (Wildman–Crippen MR) is 191 cm³/mol. The van der Waals surface area contributed by atoms with Crippen molar-refractivity contribution in [3.05, 3.63) is 92.6 Å². The Labute approximate surface area is 282 Å². The molecule has 240 valence electrons. The van der Waals surface area contributed by atoms with Gasteiger partial charge in [-0.1, -0.05) is 69.4 Å². The molecule has 4 aromatic rings. The van der Waals surface area contributed by atoms with Crippen LogP contribution >= 0.6 is 11.3 Å². The fraction of sp³-hybridized carbons (Fsp3) is 0.359. The molecule has 0 saturated carbocycles. The Kier molecular flexibility index (Phi) is 8.08. The Morgan fingerprint density at radius 2 is 1.72 bits per heavy atom. The number of nitriles is 1. The van der Waals surface area contributed by atoms with E-state index in [-0.39, 0.29) is 23.2 Å². The molecule has 6 nitrogen and oxygen atoms in total. The minimum Gasteiger partial charge on any atom is -0.477 e. The summed E-state index contributed by atoms with van der Waals surface area (Å²) in [6, 6.07) is 19.9. The fourth-order valence-electron chi connectivity index (χ4n) is 8.04. The van der Waals surface area contributed by atoms with Gasteiger partial charge in [-0.15, -0.1) is 11.3 Å². The van der Waals surface area contributed by atoms with Crippen LogP contribution in [0.5, 0.6) is 0 Å². The first-order chi connectivity index (χ1) is 22.5. The number of carboxylic acid groups (broad SMARTS) is 1. The van der Waals surface area contributed by atoms with Crippen LogP contribution in [0.2, 0.25) is 0 Å². The summed E-state index contributed by atoms with van der Waals surface area (Å²) in [6.45, 7) is 10.3. The van der Waals surface area contributed by atoms with Gasteiger partial charge in [0.25, 0.3) is 0 Å². The van der Waals surface area contributed by atoms with Gasteiger partial charge >= 0.3 is 5.97 Å². The van der Waals surface area contributed by atoms with Gasteiger partial charge in [0.15, 0.2) is 0 Å². The highest BCUT2D eigenvalue weighted by Gasteiger charge is 2.41. The van der Waals surface area contributed by atoms with Gasteiger partial charge in [0, 0.05) is 58.8 Å². The van der Waals surface area contributed by atoms with Gasteiger partial charge in [-0.05, 0) is 76.0 Å². The minimum absolute atomic E-state index is 0.0883. The van der Waals surface area contributed by atoms with E-state index in [1.54, 1.807) is 6.07 Å². The van der Waals surface area contributed by atoms with Crippen LogP contribution in [0, 0.1) is 17.2 Å². The lowest BCUT2D eigenvalue weighted by Gasteiger charge is -2.48. The molecule has 0 radical (unpaired) electrons. The highest BCUT2D eigenvalue weighted by Crippen LogP contribution is 2.52. The van der Waals surface area contributed by atoms with Crippen molar-refractivity contribution in [1.29, 1.82) is 5.26 Å². The monoisotopic (exact) mass is 660 g/mol. The summed E-state index contributed by atoms with van der Waals surface area (Å²) in [5, 5.41) is 19.8. The average molecular weight is 661 g/mol. The van der Waals surface area contributed by atoms with E-state index in [9.17, 15) is 15.2 Å². The number of rotatable bonds is 7. The Hall–Kier alpha value is -3.87. The summed E-state index contributed by atoms with van der Waals surface area (Å²) in [5.74, 6) is -0.668. The molecule has 2 aromatic carbocycles. The number of fused-ring (bicyclic) bond motifs is 3. The summed E-state index contributed by atoms with van der Waals surface area (Å²) < 4.78 is 12.3. The summed E-state index contributed by atoms with van der Waals surface area (Å²) >= 11 is 1.49. The maximum Gasteiger partial charge on any atom is 0.346 e. The second kappa shape index (κ2) is 12.0. The standard InChI is InChI=1S/C39H40N2O4SSi/c1-22(2)33-18-35(45-6)30-21-47(20-29-34(44-5)13-14-41(33)37(29)30)26-9-11-28-27-10-7-23(16-31(27)39(3,4)32(28)17-26)36-12-8-25(46-36)15-24(19-40)38(42)43/h7-12,15-17,20-22,33-35H,13-14,18H2,1-6H3,(H,42,43)/b24-15-. The number of ether oxygens (including phenoxy) is 2. The molecule has 0 amide bonds. The molecule has 4 heterocycles. The van der Waals surface area contributed by atoms with Crippen LogP contribution in [0.25, 0.3) is 32.8 Å². The quantitative estimate of drug-likeness (QED) is 0.121. The first-order valence-electron chi connectivity index (χ1n) is 16.3. The van der Waals surface area contributed by atoms with E-state index in [1.807, 2.05) is 26.4 Å². The first-order valence-corrected chi connectivity index (χ1v) is 18.8. The van der Waals surface area contributed by atoms with Crippen LogP contribution in [0.15, 0.2) is 65.5 Å². The van der Waals surface area contributed by atoms with Gasteiger partial charge in [-0.25, -0.2) is 4.79 Å². The van der Waals surface area contributed by atoms with Crippen molar-refractivity contribution in [2.45, 2.75) is 64.2 Å². The average Bonchev–Trinajstić information content (AvgIpc) is 3.63. The third kappa shape index (κ3) is 5.21. The molecule has 0 fully saturated rings. The molecule has 0 spiro atoms. The van der Waals surface area contributed by atoms with Crippen LogP contribution in [0.4, 0.5) is 5.69 Å². The SMILES string of the molecule is COC1CCN2c3c1c[si](-c1ccc4c(c1)C(C)(C)c1cc(-c5ccc(/C=C(/C#N)C(=O)O)s5)ccc1-4)cc3C(OC)CC2C(C)C. The Morgan fingerprint density at radius 3 is 2.38 bits per heavy atom. The summed E-state index contributed by atoms with van der Waals surface area (Å²) in [4.78, 5) is 15.8. The van der Waals surface area contributed by atoms with E-state index in [0.717, 1.165) is 34.7 Å². The molecule has 7 rings (SSSR count). The van der Waals surface area contributed by atoms with Gasteiger partial charge < -0.3 is 19.5 Å². The van der Waals surface area contributed by atoms with Crippen molar-refractivity contribution in [2.75, 3.05) is 25.7 Å². The number of carbonyl (C=O) groups is 1. The summed E-state index contributed by atoms with van der Waals surface area (Å²) in [5.41, 5.74) is 15.0. The highest BCUT2D eigenvalue weighted by molar-refractivity contribution is 7.16. The van der Waals surface area contributed by atoms with Crippen molar-refractivity contribution in [1.82, 2.24) is 0 Å². The maximum absolute atomic E-state index is 11.3. The van der Waals surface area contributed by atoms with E-state index in [2.05, 4.69) is 80.3 Å². The largest absolute Gasteiger partial charge is 0.477 e. The van der Waals surface area contributed by atoms with Crippen molar-refractivity contribution in [3.8, 4) is 32.8 Å². The molecule has 1 N–H and O–H groups in total. The molecule has 1 aliphatic carbocycles. The second-order valence-electron chi connectivity index (χ2n) is 13.8. The number of hydrogen-bond acceptors (Lipinski definition) is 6. The Bertz CT molecular complexity index is 1970. The lowest BCUT2D eigenvalue weighted by Crippen LogP contribution is -2.48. The van der Waals surface area contributed by atoms with Crippen LogP contribution < -0.4 is 4.90 Å². The smallest absolute Gasteiger partial charge is 0.346 e. The normalized spacial score (nSPS) is 20.9. The predicted octanol–water partition coefficient (Wildman–Crippen LogP) is 8.74. The number of thiophene rings is 1. The topological polar surface area (TPSA) is 82.8 Å². The number of aliphatic carboxylic acids is 1. The second-order valence-corrected chi connectivity index (χ2v) is 17.0. The minimum atomic E-state index is -1.21. The Morgan fingerprint density at radius 1 is 1.04 bits per heavy atom. The number of anilines is 1. The van der Waals surface area contributed by atoms with Gasteiger partial charge in [-0.3, -0.25) is 0 Å². The van der Waals surface area contributed by atoms with Crippen LogP contribution in [-0.4, -0.2) is 46.3 Å². The van der Waals surface area contributed by atoms with Crippen molar-refractivity contribution in [2.24, 2.45) is 5.92 Å². The van der Waals surface area contributed by atoms with Gasteiger partial charge in [0.1, 0.15) is 11.6 Å². The molecular formula is C39H40N2O4SSi. The molecule has 3 unspecified atom stereocenters. The molecule has 0 saturated heterocycles.